The van der Waals surface area contributed by atoms with Crippen molar-refractivity contribution in [2.24, 2.45) is 0 Å². The molecule has 24 heavy (non-hydrogen) atoms. The molecule has 0 bridgehead atoms. The zero-order valence-corrected chi connectivity index (χ0v) is 14.7. The number of aromatic hydroxyl groups is 1. The van der Waals surface area contributed by atoms with Crippen LogP contribution in [-0.2, 0) is 19.5 Å². The lowest BCUT2D eigenvalue weighted by Gasteiger charge is -2.15. The highest BCUT2D eigenvalue weighted by molar-refractivity contribution is 5.84. The summed E-state index contributed by atoms with van der Waals surface area (Å²) in [5, 5.41) is 11.8. The molecular weight excluding hydrogens is 296 g/mol. The molecule has 124 valence electrons. The average molecular weight is 322 g/mol. The molecule has 1 atom stereocenters. The van der Waals surface area contributed by atoms with Gasteiger partial charge in [-0.3, -0.25) is 0 Å². The van der Waals surface area contributed by atoms with Crippen molar-refractivity contribution in [3.8, 4) is 5.75 Å². The lowest BCUT2D eigenvalue weighted by atomic mass is 10.0. The van der Waals surface area contributed by atoms with Gasteiger partial charge in [-0.05, 0) is 18.1 Å². The molecule has 0 radical (unpaired) electrons. The average Bonchev–Trinajstić information content (AvgIpc) is 2.59. The maximum atomic E-state index is 10.8. The Bertz CT molecular complexity index is 843. The Morgan fingerprint density at radius 2 is 1.75 bits per heavy atom. The lowest BCUT2D eigenvalue weighted by molar-refractivity contribution is -0.907. The van der Waals surface area contributed by atoms with Gasteiger partial charge in [0.05, 0.1) is 12.4 Å². The highest BCUT2D eigenvalue weighted by atomic mass is 16.3. The summed E-state index contributed by atoms with van der Waals surface area (Å²) in [5.41, 5.74) is 5.59. The molecule has 1 unspecified atom stereocenters. The van der Waals surface area contributed by atoms with E-state index in [1.165, 1.54) is 16.0 Å². The van der Waals surface area contributed by atoms with Gasteiger partial charge in [-0.2, -0.15) is 0 Å². The summed E-state index contributed by atoms with van der Waals surface area (Å²) in [7, 11) is 2.17. The van der Waals surface area contributed by atoms with Crippen LogP contribution in [0.2, 0.25) is 0 Å². The Labute approximate surface area is 143 Å². The molecule has 0 amide bonds. The van der Waals surface area contributed by atoms with Gasteiger partial charge in [0.1, 0.15) is 24.4 Å². The molecule has 2 aromatic carbocycles. The van der Waals surface area contributed by atoms with E-state index in [9.17, 15) is 5.11 Å². The van der Waals surface area contributed by atoms with Crippen molar-refractivity contribution in [1.82, 2.24) is 0 Å². The van der Waals surface area contributed by atoms with E-state index in [-0.39, 0.29) is 0 Å². The summed E-state index contributed by atoms with van der Waals surface area (Å²) in [6.07, 6.45) is 0.970. The highest BCUT2D eigenvalue weighted by Gasteiger charge is 2.20. The van der Waals surface area contributed by atoms with Crippen LogP contribution in [0.4, 0.5) is 0 Å². The third-order valence-electron chi connectivity index (χ3n) is 4.64. The maximum Gasteiger partial charge on any atom is 0.214 e. The minimum Gasteiger partial charge on any atom is -0.506 e. The fourth-order valence-electron chi connectivity index (χ4n) is 3.26. The smallest absolute Gasteiger partial charge is 0.214 e. The maximum absolute atomic E-state index is 10.8. The molecule has 3 aromatic rings. The predicted octanol–water partition coefficient (Wildman–Crippen LogP) is 2.45. The first-order chi connectivity index (χ1) is 11.6. The third kappa shape index (κ3) is 3.41. The molecule has 0 saturated carbocycles. The van der Waals surface area contributed by atoms with Gasteiger partial charge in [-0.1, -0.05) is 43.3 Å². The molecule has 3 heteroatoms. The van der Waals surface area contributed by atoms with Crippen LogP contribution in [0.1, 0.15) is 29.3 Å². The first kappa shape index (κ1) is 16.5. The zero-order valence-electron chi connectivity index (χ0n) is 14.7. The first-order valence-corrected chi connectivity index (χ1v) is 8.60. The second kappa shape index (κ2) is 7.02. The Hall–Kier alpha value is -2.39. The number of H-pyrrole nitrogens is 1. The predicted molar refractivity (Wildman–Crippen MR) is 97.0 cm³/mol. The van der Waals surface area contributed by atoms with E-state index in [1.807, 2.05) is 13.0 Å². The molecule has 3 nitrogen and oxygen atoms in total. The van der Waals surface area contributed by atoms with Crippen LogP contribution in [0, 0.1) is 6.92 Å². The van der Waals surface area contributed by atoms with Crippen molar-refractivity contribution < 1.29 is 15.0 Å². The minimum atomic E-state index is 0.420. The number of nitrogens with one attached hydrogen (secondary N) is 2. The van der Waals surface area contributed by atoms with Crippen molar-refractivity contribution in [2.75, 3.05) is 7.05 Å². The second-order valence-electron chi connectivity index (χ2n) is 6.61. The number of hydrogen-bond donors (Lipinski definition) is 2. The van der Waals surface area contributed by atoms with Gasteiger partial charge < -0.3 is 10.0 Å². The number of aryl methyl sites for hydroxylation is 2. The topological polar surface area (TPSA) is 38.8 Å². The number of pyridine rings is 1. The molecule has 3 N–H and O–H groups in total. The number of quaternary nitrogens is 1. The highest BCUT2D eigenvalue weighted by Crippen LogP contribution is 2.28. The fraction of sp³-hybridized carbons (Fsp3) is 0.286. The summed E-state index contributed by atoms with van der Waals surface area (Å²) < 4.78 is 0. The number of fused-ring (bicyclic) bond motifs is 1. The number of aromatic amines is 1. The van der Waals surface area contributed by atoms with Crippen LogP contribution in [0.25, 0.3) is 10.9 Å². The van der Waals surface area contributed by atoms with Crippen molar-refractivity contribution in [3.05, 3.63) is 70.9 Å². The largest absolute Gasteiger partial charge is 0.506 e. The molecule has 0 saturated heterocycles. The van der Waals surface area contributed by atoms with Gasteiger partial charge in [-0.15, -0.1) is 0 Å². The number of rotatable bonds is 5. The van der Waals surface area contributed by atoms with Crippen LogP contribution in [-0.4, -0.2) is 12.2 Å². The molecule has 0 aliphatic rings. The molecule has 1 heterocycles. The Kier molecular flexibility index (Phi) is 4.81. The van der Waals surface area contributed by atoms with E-state index < -0.39 is 0 Å². The summed E-state index contributed by atoms with van der Waals surface area (Å²) >= 11 is 0. The Balaban J connectivity index is 1.90. The molecule has 0 aliphatic carbocycles. The van der Waals surface area contributed by atoms with Gasteiger partial charge in [0.2, 0.25) is 5.52 Å². The lowest BCUT2D eigenvalue weighted by Crippen LogP contribution is -3.06. The number of benzene rings is 2. The summed E-state index contributed by atoms with van der Waals surface area (Å²) in [6, 6.07) is 16.7. The third-order valence-corrected chi connectivity index (χ3v) is 4.64. The first-order valence-electron chi connectivity index (χ1n) is 8.60. The summed E-state index contributed by atoms with van der Waals surface area (Å²) in [5.74, 6) is 0.420. The minimum absolute atomic E-state index is 0.420. The zero-order chi connectivity index (χ0) is 17.1. The molecule has 3 rings (SSSR count). The summed E-state index contributed by atoms with van der Waals surface area (Å²) in [4.78, 5) is 4.79. The fourth-order valence-corrected chi connectivity index (χ4v) is 3.26. The van der Waals surface area contributed by atoms with Gasteiger partial charge >= 0.3 is 0 Å². The van der Waals surface area contributed by atoms with Gasteiger partial charge in [-0.25, -0.2) is 4.98 Å². The molecule has 0 aliphatic heterocycles. The van der Waals surface area contributed by atoms with Crippen LogP contribution in [0.3, 0.4) is 0 Å². The van der Waals surface area contributed by atoms with E-state index in [0.29, 0.717) is 5.75 Å². The molecule has 0 fully saturated rings. The van der Waals surface area contributed by atoms with Crippen molar-refractivity contribution in [2.45, 2.75) is 33.4 Å². The van der Waals surface area contributed by atoms with E-state index in [4.69, 9.17) is 0 Å². The van der Waals surface area contributed by atoms with Crippen LogP contribution in [0.5, 0.6) is 5.75 Å². The second-order valence-corrected chi connectivity index (χ2v) is 6.61. The molecular formula is C21H26N2O+2. The van der Waals surface area contributed by atoms with Crippen molar-refractivity contribution in [3.63, 3.8) is 0 Å². The Morgan fingerprint density at radius 3 is 2.46 bits per heavy atom. The summed E-state index contributed by atoms with van der Waals surface area (Å²) in [6.45, 7) is 5.90. The van der Waals surface area contributed by atoms with E-state index in [0.717, 1.165) is 41.7 Å². The quantitative estimate of drug-likeness (QED) is 0.744. The van der Waals surface area contributed by atoms with Crippen molar-refractivity contribution >= 4 is 10.9 Å². The monoisotopic (exact) mass is 322 g/mol. The van der Waals surface area contributed by atoms with Crippen LogP contribution < -0.4 is 9.88 Å². The van der Waals surface area contributed by atoms with Crippen LogP contribution >= 0.6 is 0 Å². The van der Waals surface area contributed by atoms with E-state index in [1.54, 1.807) is 0 Å². The SMILES string of the molecule is CCc1ccc2[nH+]c(C)c(C[NH+](C)Cc3ccccc3)c(O)c2c1. The molecule has 1 aromatic heterocycles. The number of aromatic nitrogens is 1. The van der Waals surface area contributed by atoms with Gasteiger partial charge in [0, 0.05) is 18.6 Å². The van der Waals surface area contributed by atoms with Crippen LogP contribution in [0.15, 0.2) is 48.5 Å². The van der Waals surface area contributed by atoms with Crippen molar-refractivity contribution in [1.29, 1.82) is 0 Å². The molecule has 0 spiro atoms. The van der Waals surface area contributed by atoms with E-state index in [2.05, 4.69) is 61.4 Å². The van der Waals surface area contributed by atoms with Gasteiger partial charge in [0.15, 0.2) is 5.69 Å². The van der Waals surface area contributed by atoms with Gasteiger partial charge in [0.25, 0.3) is 0 Å². The standard InChI is InChI=1S/C21H24N2O/c1-4-16-10-11-20-18(12-16)21(24)19(15(2)22-20)14-23(3)13-17-8-6-5-7-9-17/h5-12H,4,13-14H2,1-3H3,(H,22,24)/p+2. The number of hydrogen-bond acceptors (Lipinski definition) is 1. The van der Waals surface area contributed by atoms with E-state index >= 15 is 0 Å². The normalized spacial score (nSPS) is 12.5. The Morgan fingerprint density at radius 1 is 1.00 bits per heavy atom.